The van der Waals surface area contributed by atoms with Crippen LogP contribution in [0.3, 0.4) is 0 Å². The van der Waals surface area contributed by atoms with Crippen LogP contribution in [0.15, 0.2) is 42.7 Å². The number of nitrogens with zero attached hydrogens (tertiary/aromatic N) is 2. The van der Waals surface area contributed by atoms with E-state index in [9.17, 15) is 9.59 Å². The summed E-state index contributed by atoms with van der Waals surface area (Å²) in [5.41, 5.74) is 1.97. The fourth-order valence-corrected chi connectivity index (χ4v) is 3.87. The van der Waals surface area contributed by atoms with Crippen molar-refractivity contribution in [2.45, 2.75) is 38.8 Å². The van der Waals surface area contributed by atoms with Crippen LogP contribution in [0.25, 0.3) is 0 Å². The molecule has 1 aromatic carbocycles. The molecule has 2 aliphatic rings. The maximum absolute atomic E-state index is 12.6. The van der Waals surface area contributed by atoms with Crippen LogP contribution >= 0.6 is 0 Å². The average molecular weight is 424 g/mol. The second kappa shape index (κ2) is 9.81. The molecule has 2 heterocycles. The number of hydrogen-bond acceptors (Lipinski definition) is 5. The molecule has 4 rings (SSSR count). The Morgan fingerprint density at radius 3 is 2.42 bits per heavy atom. The summed E-state index contributed by atoms with van der Waals surface area (Å²) in [4.78, 5) is 30.7. The van der Waals surface area contributed by atoms with Crippen molar-refractivity contribution in [3.8, 4) is 11.5 Å². The van der Waals surface area contributed by atoms with Crippen molar-refractivity contribution in [2.24, 2.45) is 11.8 Å². The van der Waals surface area contributed by atoms with Gasteiger partial charge in [-0.15, -0.1) is 0 Å². The Labute approximate surface area is 182 Å². The topological polar surface area (TPSA) is 80.8 Å². The number of rotatable bonds is 8. The van der Waals surface area contributed by atoms with Gasteiger partial charge in [0.1, 0.15) is 6.61 Å². The normalized spacial score (nSPS) is 16.6. The monoisotopic (exact) mass is 423 g/mol. The van der Waals surface area contributed by atoms with Gasteiger partial charge in [-0.3, -0.25) is 14.6 Å². The van der Waals surface area contributed by atoms with Crippen molar-refractivity contribution in [1.29, 1.82) is 0 Å². The summed E-state index contributed by atoms with van der Waals surface area (Å²) in [6, 6.07) is 9.50. The zero-order valence-electron chi connectivity index (χ0n) is 17.9. The Kier molecular flexibility index (Phi) is 6.70. The van der Waals surface area contributed by atoms with E-state index in [1.165, 1.54) is 0 Å². The summed E-state index contributed by atoms with van der Waals surface area (Å²) >= 11 is 0. The number of aromatic nitrogens is 1. The van der Waals surface area contributed by atoms with Crippen molar-refractivity contribution in [2.75, 3.05) is 20.2 Å². The van der Waals surface area contributed by atoms with Crippen molar-refractivity contribution < 1.29 is 19.1 Å². The zero-order valence-corrected chi connectivity index (χ0v) is 17.9. The molecule has 0 unspecified atom stereocenters. The van der Waals surface area contributed by atoms with E-state index in [0.717, 1.165) is 36.8 Å². The highest BCUT2D eigenvalue weighted by atomic mass is 16.5. The van der Waals surface area contributed by atoms with Gasteiger partial charge in [0.15, 0.2) is 11.5 Å². The van der Waals surface area contributed by atoms with Crippen molar-refractivity contribution >= 4 is 11.8 Å². The number of benzene rings is 1. The van der Waals surface area contributed by atoms with E-state index in [-0.39, 0.29) is 23.7 Å². The van der Waals surface area contributed by atoms with Crippen LogP contribution in [0, 0.1) is 11.8 Å². The standard InChI is InChI=1S/C24H29N3O4/c1-30-22-14-18(2-5-21(22)31-16-17-6-10-25-11-7-17)15-26-23(28)19-8-12-27(13-9-19)24(29)20-3-4-20/h2,5-7,10-11,14,19-20H,3-4,8-9,12-13,15-16H2,1H3,(H,26,28). The molecule has 0 bridgehead atoms. The summed E-state index contributed by atoms with van der Waals surface area (Å²) in [6.45, 7) is 2.23. The highest BCUT2D eigenvalue weighted by Crippen LogP contribution is 2.32. The minimum atomic E-state index is -0.0342. The van der Waals surface area contributed by atoms with Crippen molar-refractivity contribution in [1.82, 2.24) is 15.2 Å². The van der Waals surface area contributed by atoms with Gasteiger partial charge in [0.05, 0.1) is 7.11 Å². The van der Waals surface area contributed by atoms with Gasteiger partial charge in [-0.25, -0.2) is 0 Å². The summed E-state index contributed by atoms with van der Waals surface area (Å²) in [5, 5.41) is 3.03. The Balaban J connectivity index is 1.26. The van der Waals surface area contributed by atoms with Gasteiger partial charge in [-0.05, 0) is 61.1 Å². The molecular formula is C24H29N3O4. The lowest BCUT2D eigenvalue weighted by atomic mass is 9.95. The van der Waals surface area contributed by atoms with Crippen LogP contribution in [0.1, 0.15) is 36.8 Å². The van der Waals surface area contributed by atoms with Crippen molar-refractivity contribution in [3.05, 3.63) is 53.9 Å². The quantitative estimate of drug-likeness (QED) is 0.706. The smallest absolute Gasteiger partial charge is 0.225 e. The molecule has 0 atom stereocenters. The second-order valence-corrected chi connectivity index (χ2v) is 8.22. The number of hydrogen-bond donors (Lipinski definition) is 1. The number of likely N-dealkylation sites (tertiary alicyclic amines) is 1. The molecule has 164 valence electrons. The first-order valence-electron chi connectivity index (χ1n) is 10.9. The summed E-state index contributed by atoms with van der Waals surface area (Å²) < 4.78 is 11.3. The number of ether oxygens (including phenoxy) is 2. The number of carbonyl (C=O) groups excluding carboxylic acids is 2. The third-order valence-corrected chi connectivity index (χ3v) is 5.94. The largest absolute Gasteiger partial charge is 0.493 e. The molecule has 7 nitrogen and oxygen atoms in total. The Hall–Kier alpha value is -3.09. The highest BCUT2D eigenvalue weighted by Gasteiger charge is 2.35. The number of carbonyl (C=O) groups is 2. The first-order valence-corrected chi connectivity index (χ1v) is 10.9. The molecule has 7 heteroatoms. The number of pyridine rings is 1. The minimum Gasteiger partial charge on any atom is -0.493 e. The van der Waals surface area contributed by atoms with Gasteiger partial charge in [0.2, 0.25) is 11.8 Å². The fourth-order valence-electron chi connectivity index (χ4n) is 3.87. The molecule has 2 amide bonds. The zero-order chi connectivity index (χ0) is 21.6. The number of piperidine rings is 1. The summed E-state index contributed by atoms with van der Waals surface area (Å²) in [6.07, 6.45) is 6.98. The molecule has 2 fully saturated rings. The van der Waals surface area contributed by atoms with E-state index < -0.39 is 0 Å². The molecule has 1 aliphatic heterocycles. The van der Waals surface area contributed by atoms with E-state index in [4.69, 9.17) is 9.47 Å². The average Bonchev–Trinajstić information content (AvgIpc) is 3.67. The third kappa shape index (κ3) is 5.54. The number of amides is 2. The molecule has 1 saturated heterocycles. The Bertz CT molecular complexity index is 906. The van der Waals surface area contributed by atoms with E-state index in [2.05, 4.69) is 10.3 Å². The molecule has 31 heavy (non-hydrogen) atoms. The van der Waals surface area contributed by atoms with Crippen LogP contribution in [0.2, 0.25) is 0 Å². The fraction of sp³-hybridized carbons (Fsp3) is 0.458. The minimum absolute atomic E-state index is 0.0342. The number of nitrogens with one attached hydrogen (secondary N) is 1. The first-order chi connectivity index (χ1) is 15.1. The molecule has 1 aromatic heterocycles. The third-order valence-electron chi connectivity index (χ3n) is 5.94. The Morgan fingerprint density at radius 1 is 1.00 bits per heavy atom. The van der Waals surface area contributed by atoms with Gasteiger partial charge in [0, 0.05) is 43.9 Å². The summed E-state index contributed by atoms with van der Waals surface area (Å²) in [5.74, 6) is 1.83. The lowest BCUT2D eigenvalue weighted by molar-refractivity contribution is -0.136. The molecule has 0 spiro atoms. The van der Waals surface area contributed by atoms with Gasteiger partial charge < -0.3 is 19.7 Å². The second-order valence-electron chi connectivity index (χ2n) is 8.22. The van der Waals surface area contributed by atoms with Crippen LogP contribution < -0.4 is 14.8 Å². The van der Waals surface area contributed by atoms with Crippen LogP contribution in [-0.2, 0) is 22.7 Å². The van der Waals surface area contributed by atoms with Gasteiger partial charge >= 0.3 is 0 Å². The highest BCUT2D eigenvalue weighted by molar-refractivity contribution is 5.82. The van der Waals surface area contributed by atoms with E-state index in [1.54, 1.807) is 19.5 Å². The molecule has 1 saturated carbocycles. The maximum Gasteiger partial charge on any atom is 0.225 e. The van der Waals surface area contributed by atoms with Crippen LogP contribution in [0.5, 0.6) is 11.5 Å². The molecule has 0 radical (unpaired) electrons. The van der Waals surface area contributed by atoms with Gasteiger partial charge in [-0.1, -0.05) is 6.07 Å². The predicted molar refractivity (Wildman–Crippen MR) is 115 cm³/mol. The summed E-state index contributed by atoms with van der Waals surface area (Å²) in [7, 11) is 1.60. The van der Waals surface area contributed by atoms with Crippen LogP contribution in [0.4, 0.5) is 0 Å². The maximum atomic E-state index is 12.6. The Morgan fingerprint density at radius 2 is 1.74 bits per heavy atom. The molecule has 1 N–H and O–H groups in total. The first kappa shape index (κ1) is 21.2. The predicted octanol–water partition coefficient (Wildman–Crippen LogP) is 2.93. The lowest BCUT2D eigenvalue weighted by Gasteiger charge is -2.31. The SMILES string of the molecule is COc1cc(CNC(=O)C2CCN(C(=O)C3CC3)CC2)ccc1OCc1ccncc1. The molecule has 1 aliphatic carbocycles. The van der Waals surface area contributed by atoms with Gasteiger partial charge in [-0.2, -0.15) is 0 Å². The van der Waals surface area contributed by atoms with E-state index in [1.807, 2.05) is 35.2 Å². The molecule has 2 aromatic rings. The lowest BCUT2D eigenvalue weighted by Crippen LogP contribution is -2.43. The van der Waals surface area contributed by atoms with Crippen molar-refractivity contribution in [3.63, 3.8) is 0 Å². The van der Waals surface area contributed by atoms with E-state index >= 15 is 0 Å². The van der Waals surface area contributed by atoms with E-state index in [0.29, 0.717) is 37.7 Å². The number of methoxy groups -OCH3 is 1. The van der Waals surface area contributed by atoms with Crippen LogP contribution in [-0.4, -0.2) is 41.9 Å². The van der Waals surface area contributed by atoms with Gasteiger partial charge in [0.25, 0.3) is 0 Å². The molecular weight excluding hydrogens is 394 g/mol.